The van der Waals surface area contributed by atoms with Gasteiger partial charge in [-0.05, 0) is 13.3 Å². The number of rotatable bonds is 0. The van der Waals surface area contributed by atoms with Crippen molar-refractivity contribution in [3.8, 4) is 0 Å². The lowest BCUT2D eigenvalue weighted by Crippen LogP contribution is -2.17. The Balaban J connectivity index is 0. The van der Waals surface area contributed by atoms with Gasteiger partial charge in [-0.25, -0.2) is 4.79 Å². The van der Waals surface area contributed by atoms with E-state index in [1.165, 1.54) is 0 Å². The van der Waals surface area contributed by atoms with E-state index in [4.69, 9.17) is 15.0 Å². The first-order valence-corrected chi connectivity index (χ1v) is 4.18. The highest BCUT2D eigenvalue weighted by molar-refractivity contribution is 5.77. The van der Waals surface area contributed by atoms with Gasteiger partial charge in [0.15, 0.2) is 0 Å². The standard InChI is InChI=1S/C5H9NO.C3H6.CH2O3/c1-6-4-2-3-5(6)7;1-3-2;2-1(3)4/h2-4H2,1H3;3H,1H2,2H3;(H2,2,3,4). The van der Waals surface area contributed by atoms with Gasteiger partial charge in [-0.3, -0.25) is 4.79 Å². The molecule has 0 bridgehead atoms. The van der Waals surface area contributed by atoms with E-state index in [1.807, 2.05) is 14.0 Å². The lowest BCUT2D eigenvalue weighted by atomic mass is 10.4. The summed E-state index contributed by atoms with van der Waals surface area (Å²) in [5.41, 5.74) is 0. The Morgan fingerprint density at radius 2 is 1.93 bits per heavy atom. The molecule has 0 radical (unpaired) electrons. The minimum atomic E-state index is -1.83. The maximum absolute atomic E-state index is 10.5. The molecule has 1 amide bonds. The zero-order chi connectivity index (χ0) is 11.6. The van der Waals surface area contributed by atoms with E-state index in [0.717, 1.165) is 19.4 Å². The van der Waals surface area contributed by atoms with Crippen molar-refractivity contribution in [1.29, 1.82) is 0 Å². The molecule has 0 unspecified atom stereocenters. The smallest absolute Gasteiger partial charge is 0.450 e. The third-order valence-electron chi connectivity index (χ3n) is 1.31. The average molecular weight is 203 g/mol. The van der Waals surface area contributed by atoms with E-state index in [0.29, 0.717) is 5.91 Å². The van der Waals surface area contributed by atoms with Crippen LogP contribution >= 0.6 is 0 Å². The van der Waals surface area contributed by atoms with Crippen molar-refractivity contribution in [2.45, 2.75) is 19.8 Å². The summed E-state index contributed by atoms with van der Waals surface area (Å²) in [5, 5.41) is 13.9. The van der Waals surface area contributed by atoms with Gasteiger partial charge in [-0.1, -0.05) is 6.08 Å². The lowest BCUT2D eigenvalue weighted by Gasteiger charge is -2.03. The molecule has 1 aliphatic rings. The number of hydrogen-bond acceptors (Lipinski definition) is 2. The first kappa shape index (κ1) is 15.0. The number of carboxylic acid groups (broad SMARTS) is 2. The summed E-state index contributed by atoms with van der Waals surface area (Å²) in [7, 11) is 1.84. The van der Waals surface area contributed by atoms with Gasteiger partial charge in [0, 0.05) is 20.0 Å². The largest absolute Gasteiger partial charge is 0.503 e. The van der Waals surface area contributed by atoms with Gasteiger partial charge in [-0.2, -0.15) is 0 Å². The van der Waals surface area contributed by atoms with E-state index in [9.17, 15) is 4.79 Å². The molecule has 5 nitrogen and oxygen atoms in total. The van der Waals surface area contributed by atoms with Gasteiger partial charge in [0.25, 0.3) is 0 Å². The molecular formula is C9H17NO4. The lowest BCUT2D eigenvalue weighted by molar-refractivity contribution is -0.126. The second-order valence-electron chi connectivity index (χ2n) is 2.61. The maximum Gasteiger partial charge on any atom is 0.503 e. The summed E-state index contributed by atoms with van der Waals surface area (Å²) in [4.78, 5) is 20.8. The number of allylic oxidation sites excluding steroid dienone is 1. The highest BCUT2D eigenvalue weighted by atomic mass is 16.6. The Morgan fingerprint density at radius 3 is 2.00 bits per heavy atom. The van der Waals surface area contributed by atoms with Crippen LogP contribution in [0.2, 0.25) is 0 Å². The number of carbonyl (C=O) groups excluding carboxylic acids is 1. The van der Waals surface area contributed by atoms with Gasteiger partial charge in [0.05, 0.1) is 0 Å². The monoisotopic (exact) mass is 203 g/mol. The van der Waals surface area contributed by atoms with Gasteiger partial charge in [0.1, 0.15) is 0 Å². The van der Waals surface area contributed by atoms with E-state index in [2.05, 4.69) is 6.58 Å². The third-order valence-corrected chi connectivity index (χ3v) is 1.31. The molecule has 1 heterocycles. The molecule has 82 valence electrons. The number of likely N-dealkylation sites (tertiary alicyclic amines) is 1. The molecule has 0 atom stereocenters. The van der Waals surface area contributed by atoms with Crippen molar-refractivity contribution < 1.29 is 19.8 Å². The van der Waals surface area contributed by atoms with E-state index in [-0.39, 0.29) is 0 Å². The molecule has 1 saturated heterocycles. The van der Waals surface area contributed by atoms with Crippen molar-refractivity contribution >= 4 is 12.1 Å². The first-order valence-electron chi connectivity index (χ1n) is 4.18. The average Bonchev–Trinajstić information content (AvgIpc) is 2.36. The van der Waals surface area contributed by atoms with Gasteiger partial charge in [0.2, 0.25) is 5.91 Å². The summed E-state index contributed by atoms with van der Waals surface area (Å²) in [6.45, 7) is 6.21. The summed E-state index contributed by atoms with van der Waals surface area (Å²) in [5.74, 6) is 0.292. The van der Waals surface area contributed by atoms with Crippen LogP contribution in [0.4, 0.5) is 4.79 Å². The molecule has 0 aromatic heterocycles. The quantitative estimate of drug-likeness (QED) is 0.587. The molecule has 2 N–H and O–H groups in total. The fourth-order valence-corrected chi connectivity index (χ4v) is 0.783. The van der Waals surface area contributed by atoms with Crippen LogP contribution in [0, 0.1) is 0 Å². The van der Waals surface area contributed by atoms with Crippen LogP contribution in [0.25, 0.3) is 0 Å². The zero-order valence-electron chi connectivity index (χ0n) is 8.56. The van der Waals surface area contributed by atoms with E-state index < -0.39 is 6.16 Å². The van der Waals surface area contributed by atoms with Crippen molar-refractivity contribution in [3.63, 3.8) is 0 Å². The van der Waals surface area contributed by atoms with Gasteiger partial charge >= 0.3 is 6.16 Å². The Labute approximate surface area is 83.6 Å². The highest BCUT2D eigenvalue weighted by Gasteiger charge is 2.14. The molecule has 0 aromatic carbocycles. The predicted molar refractivity (Wildman–Crippen MR) is 53.4 cm³/mol. The second-order valence-corrected chi connectivity index (χ2v) is 2.61. The Hall–Kier alpha value is -1.52. The van der Waals surface area contributed by atoms with Crippen LogP contribution in [0.5, 0.6) is 0 Å². The molecule has 1 rings (SSSR count). The SMILES string of the molecule is C=CC.CN1CCCC1=O.O=C(O)O. The molecule has 0 spiro atoms. The Bertz CT molecular complexity index is 187. The number of nitrogens with zero attached hydrogens (tertiary/aromatic N) is 1. The van der Waals surface area contributed by atoms with Crippen molar-refractivity contribution in [1.82, 2.24) is 4.90 Å². The summed E-state index contributed by atoms with van der Waals surface area (Å²) in [6, 6.07) is 0. The summed E-state index contributed by atoms with van der Waals surface area (Å²) >= 11 is 0. The fraction of sp³-hybridized carbons (Fsp3) is 0.556. The minimum Gasteiger partial charge on any atom is -0.450 e. The van der Waals surface area contributed by atoms with E-state index >= 15 is 0 Å². The molecule has 0 aliphatic carbocycles. The molecular weight excluding hydrogens is 186 g/mol. The topological polar surface area (TPSA) is 77.8 Å². The molecule has 1 fully saturated rings. The fourth-order valence-electron chi connectivity index (χ4n) is 0.783. The van der Waals surface area contributed by atoms with Crippen molar-refractivity contribution in [2.24, 2.45) is 0 Å². The second kappa shape index (κ2) is 9.57. The molecule has 14 heavy (non-hydrogen) atoms. The van der Waals surface area contributed by atoms with Crippen molar-refractivity contribution in [2.75, 3.05) is 13.6 Å². The molecule has 1 aliphatic heterocycles. The first-order chi connectivity index (χ1) is 6.45. The van der Waals surface area contributed by atoms with Crippen molar-refractivity contribution in [3.05, 3.63) is 12.7 Å². The van der Waals surface area contributed by atoms with Crippen LogP contribution < -0.4 is 0 Å². The van der Waals surface area contributed by atoms with Crippen LogP contribution in [0.15, 0.2) is 12.7 Å². The number of carbonyl (C=O) groups is 2. The van der Waals surface area contributed by atoms with Crippen LogP contribution in [-0.4, -0.2) is 40.8 Å². The Morgan fingerprint density at radius 1 is 1.57 bits per heavy atom. The highest BCUT2D eigenvalue weighted by Crippen LogP contribution is 2.04. The molecule has 5 heteroatoms. The maximum atomic E-state index is 10.5. The van der Waals surface area contributed by atoms with Gasteiger partial charge < -0.3 is 15.1 Å². The van der Waals surface area contributed by atoms with Gasteiger partial charge in [-0.15, -0.1) is 6.58 Å². The van der Waals surface area contributed by atoms with Crippen LogP contribution in [0.3, 0.4) is 0 Å². The third kappa shape index (κ3) is 13.1. The predicted octanol–water partition coefficient (Wildman–Crippen LogP) is 1.65. The zero-order valence-corrected chi connectivity index (χ0v) is 8.56. The molecule has 0 saturated carbocycles. The minimum absolute atomic E-state index is 0.292. The number of hydrogen-bond donors (Lipinski definition) is 2. The Kier molecular flexibility index (Phi) is 10.2. The van der Waals surface area contributed by atoms with Crippen LogP contribution in [-0.2, 0) is 4.79 Å². The summed E-state index contributed by atoms with van der Waals surface area (Å²) in [6.07, 6.45) is 1.73. The summed E-state index contributed by atoms with van der Waals surface area (Å²) < 4.78 is 0. The number of amides is 1. The van der Waals surface area contributed by atoms with Crippen LogP contribution in [0.1, 0.15) is 19.8 Å². The molecule has 0 aromatic rings. The normalized spacial score (nSPS) is 13.3. The van der Waals surface area contributed by atoms with E-state index in [1.54, 1.807) is 11.0 Å².